The lowest BCUT2D eigenvalue weighted by molar-refractivity contribution is 0.0698. The normalized spacial score (nSPS) is 16.7. The summed E-state index contributed by atoms with van der Waals surface area (Å²) in [4.78, 5) is 24.4. The van der Waals surface area contributed by atoms with Gasteiger partial charge >= 0.3 is 12.0 Å². The molecule has 2 rings (SSSR count). The molecule has 0 unspecified atom stereocenters. The molecule has 116 valence electrons. The number of anilines is 1. The average Bonchev–Trinajstić information content (AvgIpc) is 2.86. The molecule has 1 aliphatic rings. The lowest BCUT2D eigenvalue weighted by atomic mass is 10.3. The van der Waals surface area contributed by atoms with Crippen molar-refractivity contribution in [1.82, 2.24) is 9.21 Å². The minimum absolute atomic E-state index is 0.0246. The van der Waals surface area contributed by atoms with Crippen molar-refractivity contribution in [3.63, 3.8) is 0 Å². The van der Waals surface area contributed by atoms with Crippen molar-refractivity contribution in [2.75, 3.05) is 31.5 Å². The SMILES string of the molecule is NS(=O)(=O)N1CCN(C(=O)Nc2sccc2C(=O)O)CC1. The van der Waals surface area contributed by atoms with Crippen LogP contribution in [0.3, 0.4) is 0 Å². The molecule has 1 saturated heterocycles. The van der Waals surface area contributed by atoms with Crippen molar-refractivity contribution >= 4 is 38.5 Å². The highest BCUT2D eigenvalue weighted by Crippen LogP contribution is 2.23. The summed E-state index contributed by atoms with van der Waals surface area (Å²) in [5, 5.41) is 18.3. The van der Waals surface area contributed by atoms with E-state index in [0.29, 0.717) is 0 Å². The lowest BCUT2D eigenvalue weighted by Crippen LogP contribution is -2.53. The molecular weight excluding hydrogens is 320 g/mol. The first-order valence-electron chi connectivity index (χ1n) is 5.93. The number of carboxylic acids is 1. The molecule has 0 saturated carbocycles. The van der Waals surface area contributed by atoms with Crippen molar-refractivity contribution < 1.29 is 23.1 Å². The van der Waals surface area contributed by atoms with E-state index >= 15 is 0 Å². The van der Waals surface area contributed by atoms with Crippen molar-refractivity contribution in [1.29, 1.82) is 0 Å². The second-order valence-electron chi connectivity index (χ2n) is 4.33. The van der Waals surface area contributed by atoms with Crippen LogP contribution in [0.25, 0.3) is 0 Å². The van der Waals surface area contributed by atoms with Crippen LogP contribution >= 0.6 is 11.3 Å². The molecule has 1 fully saturated rings. The summed E-state index contributed by atoms with van der Waals surface area (Å²) in [6.45, 7) is 0.608. The van der Waals surface area contributed by atoms with Gasteiger partial charge in [0.05, 0.1) is 5.56 Å². The zero-order chi connectivity index (χ0) is 15.6. The number of carboxylic acid groups (broad SMARTS) is 1. The van der Waals surface area contributed by atoms with Gasteiger partial charge < -0.3 is 10.0 Å². The molecule has 0 spiro atoms. The van der Waals surface area contributed by atoms with Crippen molar-refractivity contribution in [3.05, 3.63) is 17.0 Å². The predicted molar refractivity (Wildman–Crippen MR) is 76.6 cm³/mol. The van der Waals surface area contributed by atoms with Gasteiger partial charge in [-0.3, -0.25) is 5.32 Å². The van der Waals surface area contributed by atoms with E-state index in [9.17, 15) is 18.0 Å². The zero-order valence-electron chi connectivity index (χ0n) is 10.9. The number of rotatable bonds is 3. The van der Waals surface area contributed by atoms with Crippen LogP contribution in [0.15, 0.2) is 11.4 Å². The number of nitrogens with zero attached hydrogens (tertiary/aromatic N) is 2. The van der Waals surface area contributed by atoms with E-state index < -0.39 is 22.2 Å². The van der Waals surface area contributed by atoms with Crippen LogP contribution in [0.1, 0.15) is 10.4 Å². The molecular formula is C10H14N4O5S2. The van der Waals surface area contributed by atoms with Crippen LogP contribution in [0, 0.1) is 0 Å². The highest BCUT2D eigenvalue weighted by molar-refractivity contribution is 7.86. The molecule has 1 aromatic rings. The van der Waals surface area contributed by atoms with Gasteiger partial charge in [0.1, 0.15) is 5.00 Å². The lowest BCUT2D eigenvalue weighted by Gasteiger charge is -2.32. The highest BCUT2D eigenvalue weighted by atomic mass is 32.2. The maximum Gasteiger partial charge on any atom is 0.338 e. The Kier molecular flexibility index (Phi) is 4.46. The molecule has 1 aromatic heterocycles. The number of amides is 2. The average molecular weight is 334 g/mol. The Morgan fingerprint density at radius 2 is 1.90 bits per heavy atom. The van der Waals surface area contributed by atoms with Crippen LogP contribution in [0.2, 0.25) is 0 Å². The maximum absolute atomic E-state index is 12.0. The van der Waals surface area contributed by atoms with E-state index in [1.807, 2.05) is 0 Å². The molecule has 2 heterocycles. The second kappa shape index (κ2) is 5.97. The number of hydrogen-bond donors (Lipinski definition) is 3. The summed E-state index contributed by atoms with van der Waals surface area (Å²) >= 11 is 1.11. The molecule has 2 amide bonds. The molecule has 0 aliphatic carbocycles. The van der Waals surface area contributed by atoms with Gasteiger partial charge in [-0.1, -0.05) is 0 Å². The van der Waals surface area contributed by atoms with Crippen LogP contribution < -0.4 is 10.5 Å². The monoisotopic (exact) mass is 334 g/mol. The maximum atomic E-state index is 12.0. The Balaban J connectivity index is 1.97. The number of carbonyl (C=O) groups is 2. The number of nitrogens with one attached hydrogen (secondary N) is 1. The van der Waals surface area contributed by atoms with Gasteiger partial charge in [-0.25, -0.2) is 14.7 Å². The zero-order valence-corrected chi connectivity index (χ0v) is 12.5. The molecule has 0 bridgehead atoms. The smallest absolute Gasteiger partial charge is 0.338 e. The molecule has 0 aromatic carbocycles. The van der Waals surface area contributed by atoms with Crippen molar-refractivity contribution in [2.45, 2.75) is 0 Å². The van der Waals surface area contributed by atoms with E-state index in [1.165, 1.54) is 11.0 Å². The van der Waals surface area contributed by atoms with E-state index in [2.05, 4.69) is 5.32 Å². The highest BCUT2D eigenvalue weighted by Gasteiger charge is 2.27. The second-order valence-corrected chi connectivity index (χ2v) is 6.79. The van der Waals surface area contributed by atoms with Crippen LogP contribution in [0.5, 0.6) is 0 Å². The minimum Gasteiger partial charge on any atom is -0.478 e. The number of carbonyl (C=O) groups excluding carboxylic acids is 1. The summed E-state index contributed by atoms with van der Waals surface area (Å²) in [5.41, 5.74) is 0.0246. The van der Waals surface area contributed by atoms with E-state index in [1.54, 1.807) is 5.38 Å². The number of hydrogen-bond acceptors (Lipinski definition) is 5. The minimum atomic E-state index is -3.74. The van der Waals surface area contributed by atoms with Gasteiger partial charge in [-0.2, -0.15) is 12.7 Å². The molecule has 0 radical (unpaired) electrons. The Morgan fingerprint density at radius 3 is 2.43 bits per heavy atom. The third-order valence-electron chi connectivity index (χ3n) is 3.00. The largest absolute Gasteiger partial charge is 0.478 e. The fourth-order valence-corrected chi connectivity index (χ4v) is 3.34. The Labute approximate surface area is 125 Å². The summed E-state index contributed by atoms with van der Waals surface area (Å²) < 4.78 is 23.4. The topological polar surface area (TPSA) is 133 Å². The van der Waals surface area contributed by atoms with Crippen LogP contribution in [-0.4, -0.2) is 60.9 Å². The van der Waals surface area contributed by atoms with Gasteiger partial charge in [-0.05, 0) is 11.4 Å². The third-order valence-corrected chi connectivity index (χ3v) is 4.92. The van der Waals surface area contributed by atoms with Gasteiger partial charge in [-0.15, -0.1) is 11.3 Å². The van der Waals surface area contributed by atoms with Gasteiger partial charge in [0, 0.05) is 26.2 Å². The summed E-state index contributed by atoms with van der Waals surface area (Å²) in [6.07, 6.45) is 0. The number of aromatic carboxylic acids is 1. The van der Waals surface area contributed by atoms with Gasteiger partial charge in [0.25, 0.3) is 10.2 Å². The van der Waals surface area contributed by atoms with Crippen LogP contribution in [-0.2, 0) is 10.2 Å². The molecule has 9 nitrogen and oxygen atoms in total. The fraction of sp³-hybridized carbons (Fsp3) is 0.400. The van der Waals surface area contributed by atoms with Crippen molar-refractivity contribution in [2.24, 2.45) is 5.14 Å². The van der Waals surface area contributed by atoms with Crippen molar-refractivity contribution in [3.8, 4) is 0 Å². The standard InChI is InChI=1S/C10H14N4O5S2/c11-21(18,19)14-4-2-13(3-5-14)10(17)12-8-7(9(15)16)1-6-20-8/h1,6H,2-5H2,(H,12,17)(H,15,16)(H2,11,18,19). The summed E-state index contributed by atoms with van der Waals surface area (Å²) in [7, 11) is -3.74. The number of urea groups is 1. The Bertz CT molecular complexity index is 648. The fourth-order valence-electron chi connectivity index (χ4n) is 1.90. The quantitative estimate of drug-likeness (QED) is 0.704. The first kappa shape index (κ1) is 15.7. The van der Waals surface area contributed by atoms with Gasteiger partial charge in [0.15, 0.2) is 0 Å². The van der Waals surface area contributed by atoms with E-state index in [0.717, 1.165) is 15.6 Å². The summed E-state index contributed by atoms with van der Waals surface area (Å²) in [5.74, 6) is -1.12. The molecule has 21 heavy (non-hydrogen) atoms. The first-order valence-corrected chi connectivity index (χ1v) is 8.32. The number of piperazine rings is 1. The first-order chi connectivity index (χ1) is 9.79. The number of thiophene rings is 1. The molecule has 0 atom stereocenters. The van der Waals surface area contributed by atoms with E-state index in [4.69, 9.17) is 10.2 Å². The van der Waals surface area contributed by atoms with E-state index in [-0.39, 0.29) is 36.7 Å². The number of nitrogens with two attached hydrogens (primary N) is 1. The Morgan fingerprint density at radius 1 is 1.29 bits per heavy atom. The molecule has 1 aliphatic heterocycles. The molecule has 4 N–H and O–H groups in total. The van der Waals surface area contributed by atoms with Crippen LogP contribution in [0.4, 0.5) is 9.80 Å². The summed E-state index contributed by atoms with van der Waals surface area (Å²) in [6, 6.07) is 0.940. The van der Waals surface area contributed by atoms with Gasteiger partial charge in [0.2, 0.25) is 0 Å². The predicted octanol–water partition coefficient (Wildman–Crippen LogP) is -0.201. The molecule has 11 heteroatoms. The Hall–Kier alpha value is -1.69. The third kappa shape index (κ3) is 3.69.